The number of hydrogen-bond acceptors (Lipinski definition) is 5. The van der Waals surface area contributed by atoms with Gasteiger partial charge in [0.1, 0.15) is 5.82 Å². The van der Waals surface area contributed by atoms with Crippen molar-refractivity contribution in [3.63, 3.8) is 0 Å². The third-order valence-corrected chi connectivity index (χ3v) is 2.19. The maximum absolute atomic E-state index is 5.57. The van der Waals surface area contributed by atoms with Crippen LogP contribution in [0.3, 0.4) is 0 Å². The van der Waals surface area contributed by atoms with Crippen LogP contribution in [0.2, 0.25) is 0 Å². The zero-order valence-electron chi connectivity index (χ0n) is 7.59. The molecular formula is C8H13N5. The van der Waals surface area contributed by atoms with Crippen molar-refractivity contribution in [1.29, 1.82) is 0 Å². The standard InChI is InChI=1S/C8H13N5/c1-10-7-5-2-3-11-4-6(5)12-8(9)13-7/h11H,2-4H2,1H3,(H3,9,10,12,13). The van der Waals surface area contributed by atoms with Crippen LogP contribution in [0.4, 0.5) is 11.8 Å². The first-order valence-corrected chi connectivity index (χ1v) is 4.35. The summed E-state index contributed by atoms with van der Waals surface area (Å²) in [6.45, 7) is 1.77. The van der Waals surface area contributed by atoms with Crippen LogP contribution in [-0.4, -0.2) is 23.6 Å². The highest BCUT2D eigenvalue weighted by Gasteiger charge is 2.15. The minimum atomic E-state index is 0.340. The molecule has 0 amide bonds. The number of fused-ring (bicyclic) bond motifs is 1. The number of nitrogen functional groups attached to an aromatic ring is 1. The summed E-state index contributed by atoms with van der Waals surface area (Å²) in [5.41, 5.74) is 7.78. The molecule has 0 aromatic carbocycles. The number of nitrogens with two attached hydrogens (primary N) is 1. The van der Waals surface area contributed by atoms with E-state index in [4.69, 9.17) is 5.73 Å². The van der Waals surface area contributed by atoms with Crippen molar-refractivity contribution in [2.45, 2.75) is 13.0 Å². The Kier molecular flexibility index (Phi) is 2.02. The quantitative estimate of drug-likeness (QED) is 0.554. The summed E-state index contributed by atoms with van der Waals surface area (Å²) in [6.07, 6.45) is 0.964. The average Bonchev–Trinajstić information content (AvgIpc) is 2.16. The van der Waals surface area contributed by atoms with Crippen molar-refractivity contribution < 1.29 is 0 Å². The second-order valence-electron chi connectivity index (χ2n) is 3.03. The normalized spacial score (nSPS) is 15.2. The van der Waals surface area contributed by atoms with Gasteiger partial charge in [-0.15, -0.1) is 0 Å². The Bertz CT molecular complexity index is 305. The maximum Gasteiger partial charge on any atom is 0.222 e. The van der Waals surface area contributed by atoms with Crippen LogP contribution in [0.5, 0.6) is 0 Å². The van der Waals surface area contributed by atoms with Gasteiger partial charge in [0.25, 0.3) is 0 Å². The van der Waals surface area contributed by atoms with E-state index in [2.05, 4.69) is 20.6 Å². The molecule has 1 aromatic rings. The van der Waals surface area contributed by atoms with E-state index in [1.54, 1.807) is 0 Å². The van der Waals surface area contributed by atoms with Gasteiger partial charge in [-0.05, 0) is 13.0 Å². The molecule has 0 fully saturated rings. The summed E-state index contributed by atoms with van der Waals surface area (Å²) in [6, 6.07) is 0. The van der Waals surface area contributed by atoms with E-state index in [-0.39, 0.29) is 0 Å². The molecule has 4 N–H and O–H groups in total. The van der Waals surface area contributed by atoms with E-state index in [0.29, 0.717) is 5.95 Å². The molecule has 0 spiro atoms. The summed E-state index contributed by atoms with van der Waals surface area (Å²) >= 11 is 0. The first kappa shape index (κ1) is 8.25. The molecule has 5 nitrogen and oxygen atoms in total. The molecule has 1 aromatic heterocycles. The van der Waals surface area contributed by atoms with Crippen LogP contribution in [-0.2, 0) is 13.0 Å². The number of nitrogens with one attached hydrogen (secondary N) is 2. The Morgan fingerprint density at radius 1 is 1.46 bits per heavy atom. The lowest BCUT2D eigenvalue weighted by atomic mass is 10.1. The largest absolute Gasteiger partial charge is 0.373 e. The molecule has 0 aliphatic carbocycles. The van der Waals surface area contributed by atoms with Crippen LogP contribution >= 0.6 is 0 Å². The minimum absolute atomic E-state index is 0.340. The first-order chi connectivity index (χ1) is 6.31. The molecule has 0 saturated carbocycles. The Labute approximate surface area is 76.8 Å². The molecule has 70 valence electrons. The molecule has 0 unspecified atom stereocenters. The third kappa shape index (κ3) is 1.42. The van der Waals surface area contributed by atoms with Gasteiger partial charge in [0, 0.05) is 19.2 Å². The SMILES string of the molecule is CNc1nc(N)nc2c1CCNC2. The molecule has 5 heteroatoms. The minimum Gasteiger partial charge on any atom is -0.373 e. The topological polar surface area (TPSA) is 75.9 Å². The van der Waals surface area contributed by atoms with Crippen LogP contribution in [0.25, 0.3) is 0 Å². The van der Waals surface area contributed by atoms with Crippen molar-refractivity contribution in [3.05, 3.63) is 11.3 Å². The summed E-state index contributed by atoms with van der Waals surface area (Å²) < 4.78 is 0. The highest BCUT2D eigenvalue weighted by atomic mass is 15.1. The van der Waals surface area contributed by atoms with E-state index in [1.807, 2.05) is 7.05 Å². The average molecular weight is 179 g/mol. The highest BCUT2D eigenvalue weighted by Crippen LogP contribution is 2.19. The molecule has 1 aliphatic rings. The number of nitrogens with zero attached hydrogens (tertiary/aromatic N) is 2. The molecule has 13 heavy (non-hydrogen) atoms. The summed E-state index contributed by atoms with van der Waals surface area (Å²) in [4.78, 5) is 8.32. The third-order valence-electron chi connectivity index (χ3n) is 2.19. The van der Waals surface area contributed by atoms with Crippen molar-refractivity contribution in [2.24, 2.45) is 0 Å². The molecule has 2 rings (SSSR count). The zero-order valence-corrected chi connectivity index (χ0v) is 7.59. The predicted molar refractivity (Wildman–Crippen MR) is 51.4 cm³/mol. The van der Waals surface area contributed by atoms with Gasteiger partial charge < -0.3 is 16.4 Å². The molecule has 1 aliphatic heterocycles. The Morgan fingerprint density at radius 3 is 3.08 bits per heavy atom. The van der Waals surface area contributed by atoms with Gasteiger partial charge in [0.2, 0.25) is 5.95 Å². The van der Waals surface area contributed by atoms with Crippen LogP contribution in [0, 0.1) is 0 Å². The Balaban J connectivity index is 2.50. The second-order valence-corrected chi connectivity index (χ2v) is 3.03. The van der Waals surface area contributed by atoms with E-state index in [0.717, 1.165) is 31.0 Å². The molecule has 0 atom stereocenters. The fourth-order valence-corrected chi connectivity index (χ4v) is 1.59. The number of hydrogen-bond donors (Lipinski definition) is 3. The smallest absolute Gasteiger partial charge is 0.222 e. The van der Waals surface area contributed by atoms with Gasteiger partial charge in [0.05, 0.1) is 5.69 Å². The van der Waals surface area contributed by atoms with E-state index in [1.165, 1.54) is 5.56 Å². The van der Waals surface area contributed by atoms with Crippen LogP contribution in [0.1, 0.15) is 11.3 Å². The molecular weight excluding hydrogens is 166 g/mol. The lowest BCUT2D eigenvalue weighted by molar-refractivity contribution is 0.626. The van der Waals surface area contributed by atoms with Crippen molar-refractivity contribution in [1.82, 2.24) is 15.3 Å². The van der Waals surface area contributed by atoms with Crippen molar-refractivity contribution in [2.75, 3.05) is 24.6 Å². The fourth-order valence-electron chi connectivity index (χ4n) is 1.59. The van der Waals surface area contributed by atoms with Gasteiger partial charge >= 0.3 is 0 Å². The van der Waals surface area contributed by atoms with Crippen LogP contribution < -0.4 is 16.4 Å². The molecule has 2 heterocycles. The van der Waals surface area contributed by atoms with Gasteiger partial charge in [-0.25, -0.2) is 4.98 Å². The Morgan fingerprint density at radius 2 is 2.31 bits per heavy atom. The summed E-state index contributed by atoms with van der Waals surface area (Å²) in [7, 11) is 1.85. The fraction of sp³-hybridized carbons (Fsp3) is 0.500. The van der Waals surface area contributed by atoms with Gasteiger partial charge in [-0.1, -0.05) is 0 Å². The summed E-state index contributed by atoms with van der Waals surface area (Å²) in [5, 5.41) is 6.28. The van der Waals surface area contributed by atoms with E-state index < -0.39 is 0 Å². The lowest BCUT2D eigenvalue weighted by Crippen LogP contribution is -2.26. The highest BCUT2D eigenvalue weighted by molar-refractivity contribution is 5.50. The first-order valence-electron chi connectivity index (χ1n) is 4.35. The van der Waals surface area contributed by atoms with E-state index >= 15 is 0 Å². The van der Waals surface area contributed by atoms with Gasteiger partial charge in [-0.3, -0.25) is 0 Å². The maximum atomic E-state index is 5.57. The Hall–Kier alpha value is -1.36. The monoisotopic (exact) mass is 179 g/mol. The van der Waals surface area contributed by atoms with Crippen molar-refractivity contribution in [3.8, 4) is 0 Å². The number of aromatic nitrogens is 2. The second kappa shape index (κ2) is 3.18. The predicted octanol–water partition coefficient (Wildman–Crippen LogP) is -0.254. The number of rotatable bonds is 1. The van der Waals surface area contributed by atoms with E-state index in [9.17, 15) is 0 Å². The van der Waals surface area contributed by atoms with Crippen LogP contribution in [0.15, 0.2) is 0 Å². The van der Waals surface area contributed by atoms with Gasteiger partial charge in [0.15, 0.2) is 0 Å². The van der Waals surface area contributed by atoms with Gasteiger partial charge in [-0.2, -0.15) is 4.98 Å². The molecule has 0 saturated heterocycles. The molecule has 0 bridgehead atoms. The summed E-state index contributed by atoms with van der Waals surface area (Å²) in [5.74, 6) is 1.20. The zero-order chi connectivity index (χ0) is 9.26. The molecule has 0 radical (unpaired) electrons. The lowest BCUT2D eigenvalue weighted by Gasteiger charge is -2.18. The van der Waals surface area contributed by atoms with Crippen molar-refractivity contribution >= 4 is 11.8 Å². The number of anilines is 2.